The molecule has 0 saturated carbocycles. The van der Waals surface area contributed by atoms with Crippen LogP contribution in [0.3, 0.4) is 0 Å². The molecule has 4 rings (SSSR count). The van der Waals surface area contributed by atoms with Crippen LogP contribution in [-0.4, -0.2) is 28.6 Å². The van der Waals surface area contributed by atoms with E-state index in [1.54, 1.807) is 16.8 Å². The molecular formula is C15H16N4O. The van der Waals surface area contributed by atoms with Gasteiger partial charge < -0.3 is 10.2 Å². The fourth-order valence-electron chi connectivity index (χ4n) is 3.32. The molecule has 2 aliphatic rings. The molecule has 2 fully saturated rings. The van der Waals surface area contributed by atoms with Gasteiger partial charge in [0.2, 0.25) is 5.91 Å². The standard InChI is InChI=1S/C15H16N4O/c1-11-8-15(14(20)17-11)5-7-18(10-15)13-9-16-19-6-3-2-4-12(13)19/h2-4,6,9H,1,5,7-8,10H2,(H,17,20)/i4T. The summed E-state index contributed by atoms with van der Waals surface area (Å²) in [5.74, 6) is 0.0811. The number of carbonyl (C=O) groups is 1. The van der Waals surface area contributed by atoms with E-state index in [0.717, 1.165) is 29.9 Å². The minimum absolute atomic E-state index is 0.0811. The Morgan fingerprint density at radius 2 is 2.40 bits per heavy atom. The van der Waals surface area contributed by atoms with Crippen LogP contribution in [0.4, 0.5) is 5.69 Å². The van der Waals surface area contributed by atoms with Gasteiger partial charge in [0, 0.05) is 31.4 Å². The number of nitrogens with one attached hydrogen (secondary N) is 1. The Kier molecular flexibility index (Phi) is 2.02. The molecule has 2 saturated heterocycles. The number of hydrogen-bond donors (Lipinski definition) is 1. The van der Waals surface area contributed by atoms with E-state index in [2.05, 4.69) is 21.9 Å². The molecule has 1 N–H and O–H groups in total. The van der Waals surface area contributed by atoms with Crippen molar-refractivity contribution < 1.29 is 6.17 Å². The molecular weight excluding hydrogens is 252 g/mol. The van der Waals surface area contributed by atoms with Crippen LogP contribution in [0.25, 0.3) is 5.52 Å². The molecule has 0 radical (unpaired) electrons. The quantitative estimate of drug-likeness (QED) is 0.855. The van der Waals surface area contributed by atoms with Crippen LogP contribution in [0.1, 0.15) is 14.2 Å². The molecule has 1 amide bonds. The highest BCUT2D eigenvalue weighted by atomic mass is 16.2. The summed E-state index contributed by atoms with van der Waals surface area (Å²) in [6, 6.07) is 4.02. The molecule has 2 aromatic rings. The fraction of sp³-hybridized carbons (Fsp3) is 0.333. The average Bonchev–Trinajstić information content (AvgIpc) is 3.09. The van der Waals surface area contributed by atoms with Crippen molar-refractivity contribution in [3.63, 3.8) is 0 Å². The van der Waals surface area contributed by atoms with Gasteiger partial charge in [-0.25, -0.2) is 4.52 Å². The first-order valence-electron chi connectivity index (χ1n) is 7.26. The van der Waals surface area contributed by atoms with E-state index in [-0.39, 0.29) is 11.3 Å². The Morgan fingerprint density at radius 1 is 1.50 bits per heavy atom. The first kappa shape index (κ1) is 10.5. The van der Waals surface area contributed by atoms with Gasteiger partial charge in [-0.2, -0.15) is 5.10 Å². The lowest BCUT2D eigenvalue weighted by atomic mass is 9.85. The number of pyridine rings is 1. The summed E-state index contributed by atoms with van der Waals surface area (Å²) in [5.41, 5.74) is 2.18. The maximum absolute atomic E-state index is 12.2. The highest BCUT2D eigenvalue weighted by Crippen LogP contribution is 2.42. The van der Waals surface area contributed by atoms with Gasteiger partial charge in [-0.15, -0.1) is 0 Å². The van der Waals surface area contributed by atoms with E-state index >= 15 is 0 Å². The number of amides is 1. The Morgan fingerprint density at radius 3 is 3.20 bits per heavy atom. The second-order valence-electron chi connectivity index (χ2n) is 5.66. The summed E-state index contributed by atoms with van der Waals surface area (Å²) in [6.45, 7) is 5.34. The molecule has 5 nitrogen and oxygen atoms in total. The third-order valence-electron chi connectivity index (χ3n) is 4.34. The summed E-state index contributed by atoms with van der Waals surface area (Å²) in [5, 5.41) is 7.16. The largest absolute Gasteiger partial charge is 0.367 e. The van der Waals surface area contributed by atoms with Crippen molar-refractivity contribution in [1.29, 1.82) is 0 Å². The zero-order chi connectivity index (χ0) is 14.6. The number of rotatable bonds is 1. The lowest BCUT2D eigenvalue weighted by molar-refractivity contribution is -0.126. The van der Waals surface area contributed by atoms with Crippen LogP contribution in [-0.2, 0) is 4.79 Å². The van der Waals surface area contributed by atoms with Crippen LogP contribution in [0.15, 0.2) is 42.8 Å². The van der Waals surface area contributed by atoms with Crippen LogP contribution < -0.4 is 10.2 Å². The Labute approximate surface area is 118 Å². The van der Waals surface area contributed by atoms with Crippen molar-refractivity contribution in [2.75, 3.05) is 18.0 Å². The van der Waals surface area contributed by atoms with Gasteiger partial charge in [-0.3, -0.25) is 4.79 Å². The molecule has 1 unspecified atom stereocenters. The van der Waals surface area contributed by atoms with Crippen LogP contribution in [0.5, 0.6) is 0 Å². The van der Waals surface area contributed by atoms with Crippen molar-refractivity contribution >= 4 is 17.1 Å². The predicted molar refractivity (Wildman–Crippen MR) is 76.4 cm³/mol. The average molecular weight is 270 g/mol. The van der Waals surface area contributed by atoms with Crippen molar-refractivity contribution in [1.82, 2.24) is 14.9 Å². The molecule has 1 spiro atoms. The lowest BCUT2D eigenvalue weighted by Gasteiger charge is -2.21. The summed E-state index contributed by atoms with van der Waals surface area (Å²) >= 11 is 0. The second-order valence-corrected chi connectivity index (χ2v) is 5.66. The van der Waals surface area contributed by atoms with Crippen LogP contribution in [0.2, 0.25) is 0 Å². The van der Waals surface area contributed by atoms with Gasteiger partial charge in [0.25, 0.3) is 0 Å². The van der Waals surface area contributed by atoms with Gasteiger partial charge in [0.05, 0.1) is 24.2 Å². The summed E-state index contributed by atoms with van der Waals surface area (Å²) < 4.78 is 9.80. The molecule has 102 valence electrons. The molecule has 1 atom stereocenters. The minimum atomic E-state index is -0.359. The molecule has 20 heavy (non-hydrogen) atoms. The molecule has 2 aliphatic heterocycles. The molecule has 5 heteroatoms. The Balaban J connectivity index is 1.72. The molecule has 0 bridgehead atoms. The maximum atomic E-state index is 12.2. The van der Waals surface area contributed by atoms with Crippen molar-refractivity contribution in [3.05, 3.63) is 42.8 Å². The van der Waals surface area contributed by atoms with Gasteiger partial charge in [-0.1, -0.05) is 12.6 Å². The van der Waals surface area contributed by atoms with Crippen LogP contribution in [0, 0.1) is 5.41 Å². The zero-order valence-corrected chi connectivity index (χ0v) is 11.1. The first-order valence-corrected chi connectivity index (χ1v) is 6.76. The third-order valence-corrected chi connectivity index (χ3v) is 4.34. The Bertz CT molecular complexity index is 768. The van der Waals surface area contributed by atoms with E-state index in [9.17, 15) is 4.79 Å². The van der Waals surface area contributed by atoms with E-state index in [4.69, 9.17) is 1.37 Å². The molecule has 2 aromatic heterocycles. The fourth-order valence-corrected chi connectivity index (χ4v) is 3.32. The second kappa shape index (κ2) is 3.85. The zero-order valence-electron chi connectivity index (χ0n) is 12.1. The van der Waals surface area contributed by atoms with E-state index in [1.165, 1.54) is 0 Å². The molecule has 4 heterocycles. The molecule has 0 aromatic carbocycles. The number of allylic oxidation sites excluding steroid dienone is 1. The highest BCUT2D eigenvalue weighted by Gasteiger charge is 2.49. The molecule has 0 aliphatic carbocycles. The number of aromatic nitrogens is 2. The summed E-state index contributed by atoms with van der Waals surface area (Å²) in [7, 11) is 0. The summed E-state index contributed by atoms with van der Waals surface area (Å²) in [4.78, 5) is 14.4. The number of carbonyl (C=O) groups excluding carboxylic acids is 1. The van der Waals surface area contributed by atoms with Crippen molar-refractivity contribution in [3.8, 4) is 0 Å². The van der Waals surface area contributed by atoms with Crippen LogP contribution >= 0.6 is 0 Å². The lowest BCUT2D eigenvalue weighted by Crippen LogP contribution is -2.34. The number of nitrogens with zero attached hydrogens (tertiary/aromatic N) is 3. The number of hydrogen-bond acceptors (Lipinski definition) is 3. The Hall–Kier alpha value is -2.30. The third kappa shape index (κ3) is 1.49. The summed E-state index contributed by atoms with van der Waals surface area (Å²) in [6.07, 6.45) is 5.14. The highest BCUT2D eigenvalue weighted by molar-refractivity contribution is 5.89. The van der Waals surface area contributed by atoms with Crippen molar-refractivity contribution in [2.45, 2.75) is 12.8 Å². The minimum Gasteiger partial charge on any atom is -0.367 e. The van der Waals surface area contributed by atoms with E-state index in [0.29, 0.717) is 19.0 Å². The predicted octanol–water partition coefficient (Wildman–Crippen LogP) is 1.56. The van der Waals surface area contributed by atoms with Gasteiger partial charge >= 0.3 is 0 Å². The van der Waals surface area contributed by atoms with E-state index in [1.807, 2.05) is 12.3 Å². The monoisotopic (exact) mass is 270 g/mol. The smallest absolute Gasteiger partial charge is 0.232 e. The van der Waals surface area contributed by atoms with E-state index < -0.39 is 0 Å². The SMILES string of the molecule is [3H]c1cccn2ncc(N3CCC4(CC(=C)NC4=O)C3)c12. The number of anilines is 1. The van der Waals surface area contributed by atoms with Gasteiger partial charge in [0.15, 0.2) is 0 Å². The maximum Gasteiger partial charge on any atom is 0.232 e. The van der Waals surface area contributed by atoms with Crippen molar-refractivity contribution in [2.24, 2.45) is 5.41 Å². The van der Waals surface area contributed by atoms with Gasteiger partial charge in [0.1, 0.15) is 0 Å². The topological polar surface area (TPSA) is 49.6 Å². The normalized spacial score (nSPS) is 26.6. The first-order chi connectivity index (χ1) is 10.1. The van der Waals surface area contributed by atoms with Gasteiger partial charge in [-0.05, 0) is 18.5 Å². The number of fused-ring (bicyclic) bond motifs is 1.